The van der Waals surface area contributed by atoms with Gasteiger partial charge in [0.05, 0.1) is 12.0 Å². The molecule has 1 aliphatic heterocycles. The van der Waals surface area contributed by atoms with Crippen LogP contribution in [0.25, 0.3) is 0 Å². The van der Waals surface area contributed by atoms with E-state index >= 15 is 0 Å². The first-order valence-electron chi connectivity index (χ1n) is 8.47. The van der Waals surface area contributed by atoms with Crippen LogP contribution in [0.4, 0.5) is 0 Å². The lowest BCUT2D eigenvalue weighted by molar-refractivity contribution is -0.743. The van der Waals surface area contributed by atoms with Gasteiger partial charge < -0.3 is 14.3 Å². The summed E-state index contributed by atoms with van der Waals surface area (Å²) < 4.78 is 9.97. The Morgan fingerprint density at radius 3 is 2.54 bits per heavy atom. The van der Waals surface area contributed by atoms with E-state index in [0.29, 0.717) is 11.1 Å². The minimum absolute atomic E-state index is 0.117. The van der Waals surface area contributed by atoms with Crippen molar-refractivity contribution in [3.8, 4) is 0 Å². The van der Waals surface area contributed by atoms with E-state index in [-0.39, 0.29) is 17.1 Å². The van der Waals surface area contributed by atoms with Crippen LogP contribution in [-0.2, 0) is 30.5 Å². The van der Waals surface area contributed by atoms with E-state index in [2.05, 4.69) is 4.74 Å². The number of hydrogen-bond acceptors (Lipinski definition) is 7. The molecule has 1 heterocycles. The maximum atomic E-state index is 13.1. The molecule has 0 saturated heterocycles. The molecule has 2 aromatic carbocycles. The third kappa shape index (κ3) is 2.38. The van der Waals surface area contributed by atoms with Crippen molar-refractivity contribution in [3.05, 3.63) is 76.5 Å². The molecule has 1 aliphatic carbocycles. The monoisotopic (exact) mass is 381 g/mol. The van der Waals surface area contributed by atoms with Crippen LogP contribution >= 0.6 is 0 Å². The van der Waals surface area contributed by atoms with Crippen LogP contribution in [0.5, 0.6) is 0 Å². The highest BCUT2D eigenvalue weighted by Gasteiger charge is 2.70. The Kier molecular flexibility index (Phi) is 4.11. The van der Waals surface area contributed by atoms with Gasteiger partial charge in [-0.1, -0.05) is 54.6 Å². The van der Waals surface area contributed by atoms with Crippen molar-refractivity contribution in [2.24, 2.45) is 0 Å². The maximum absolute atomic E-state index is 13.1. The first-order valence-corrected chi connectivity index (χ1v) is 8.47. The summed E-state index contributed by atoms with van der Waals surface area (Å²) in [4.78, 5) is 43.3. The Morgan fingerprint density at radius 2 is 1.82 bits per heavy atom. The minimum atomic E-state index is -2.29. The summed E-state index contributed by atoms with van der Waals surface area (Å²) in [6, 6.07) is 15.2. The van der Waals surface area contributed by atoms with Crippen LogP contribution in [0.15, 0.2) is 54.6 Å². The number of ketones is 1. The Hall–Kier alpha value is -3.68. The Balaban J connectivity index is 1.75. The van der Waals surface area contributed by atoms with Gasteiger partial charge >= 0.3 is 17.7 Å². The number of carbonyl (C=O) groups is 3. The molecule has 0 radical (unpaired) electrons. The fourth-order valence-electron chi connectivity index (χ4n) is 3.60. The van der Waals surface area contributed by atoms with Crippen molar-refractivity contribution in [2.75, 3.05) is 7.11 Å². The average Bonchev–Trinajstić information content (AvgIpc) is 3.17. The minimum Gasteiger partial charge on any atom is -0.461 e. The molecule has 0 spiro atoms. The highest BCUT2D eigenvalue weighted by atomic mass is 16.9. The highest BCUT2D eigenvalue weighted by Crippen LogP contribution is 2.48. The van der Waals surface area contributed by atoms with Crippen LogP contribution in [-0.4, -0.2) is 41.0 Å². The number of rotatable bonds is 4. The summed E-state index contributed by atoms with van der Waals surface area (Å²) in [6.07, 6.45) is 0. The fraction of sp³-hybridized carbons (Fsp3) is 0.200. The molecular formula is C20H15NO7. The predicted molar refractivity (Wildman–Crippen MR) is 94.2 cm³/mol. The summed E-state index contributed by atoms with van der Waals surface area (Å²) in [5, 5.41) is 12.3. The molecular weight excluding hydrogens is 366 g/mol. The number of ether oxygens (including phenoxy) is 2. The molecule has 0 amide bonds. The van der Waals surface area contributed by atoms with Crippen molar-refractivity contribution in [3.63, 3.8) is 0 Å². The number of Topliss-reactive ketones (excluding diaryl/α,β-unsaturated/α-hetero) is 1. The van der Waals surface area contributed by atoms with Crippen LogP contribution in [0.1, 0.15) is 27.4 Å². The molecule has 0 N–H and O–H groups in total. The molecule has 4 rings (SSSR count). The lowest BCUT2D eigenvalue weighted by Crippen LogP contribution is -2.50. The number of methoxy groups -OCH3 is 1. The quantitative estimate of drug-likeness (QED) is 0.449. The van der Waals surface area contributed by atoms with Crippen LogP contribution in [0, 0.1) is 5.21 Å². The molecule has 2 atom stereocenters. The molecule has 142 valence electrons. The first kappa shape index (κ1) is 17.7. The molecule has 2 aromatic rings. The van der Waals surface area contributed by atoms with E-state index in [4.69, 9.17) is 9.57 Å². The molecule has 28 heavy (non-hydrogen) atoms. The van der Waals surface area contributed by atoms with Gasteiger partial charge in [0.1, 0.15) is 12.5 Å². The van der Waals surface area contributed by atoms with E-state index in [9.17, 15) is 19.6 Å². The van der Waals surface area contributed by atoms with Crippen LogP contribution in [0.2, 0.25) is 0 Å². The fourth-order valence-corrected chi connectivity index (χ4v) is 3.60. The van der Waals surface area contributed by atoms with E-state index in [0.717, 1.165) is 7.11 Å². The van der Waals surface area contributed by atoms with Crippen molar-refractivity contribution in [2.45, 2.75) is 18.1 Å². The molecule has 0 fully saturated rings. The van der Waals surface area contributed by atoms with Gasteiger partial charge in [-0.3, -0.25) is 10.0 Å². The second-order valence-electron chi connectivity index (χ2n) is 6.37. The largest absolute Gasteiger partial charge is 0.461 e. The van der Waals surface area contributed by atoms with Gasteiger partial charge in [-0.15, -0.1) is 0 Å². The smallest absolute Gasteiger partial charge is 0.405 e. The number of esters is 2. The van der Waals surface area contributed by atoms with Gasteiger partial charge in [-0.05, 0) is 11.1 Å². The summed E-state index contributed by atoms with van der Waals surface area (Å²) in [5.74, 6) is -4.00. The van der Waals surface area contributed by atoms with Gasteiger partial charge in [-0.2, -0.15) is 0 Å². The van der Waals surface area contributed by atoms with Gasteiger partial charge in [0, 0.05) is 5.56 Å². The van der Waals surface area contributed by atoms with Crippen LogP contribution < -0.4 is 0 Å². The molecule has 0 unspecified atom stereocenters. The van der Waals surface area contributed by atoms with E-state index in [1.165, 1.54) is 6.07 Å². The third-order valence-electron chi connectivity index (χ3n) is 4.87. The van der Waals surface area contributed by atoms with Gasteiger partial charge in [0.25, 0.3) is 5.60 Å². The zero-order valence-corrected chi connectivity index (χ0v) is 14.8. The van der Waals surface area contributed by atoms with Gasteiger partial charge in [0.2, 0.25) is 0 Å². The third-order valence-corrected chi connectivity index (χ3v) is 4.87. The lowest BCUT2D eigenvalue weighted by Gasteiger charge is -2.25. The standard InChI is InChI=1S/C20H15NO7/c1-26-18(23)16-15-13-9-5-6-10-14(13)17(22)20(15,28-21(16)25)19(24)27-11-12-7-3-2-4-8-12/h2-10,15H,11H2,1H3/t15-,20+/m0/s1. The molecule has 2 aliphatic rings. The van der Waals surface area contributed by atoms with Crippen molar-refractivity contribution < 1.29 is 33.6 Å². The van der Waals surface area contributed by atoms with Crippen molar-refractivity contribution >= 4 is 23.4 Å². The van der Waals surface area contributed by atoms with E-state index in [1.807, 2.05) is 6.07 Å². The number of hydrogen-bond donors (Lipinski definition) is 0. The number of carbonyl (C=O) groups excluding carboxylic acids is 3. The lowest BCUT2D eigenvalue weighted by atomic mass is 9.84. The van der Waals surface area contributed by atoms with E-state index < -0.39 is 35.0 Å². The second kappa shape index (κ2) is 6.49. The summed E-state index contributed by atoms with van der Waals surface area (Å²) in [7, 11) is 1.10. The van der Waals surface area contributed by atoms with Crippen LogP contribution in [0.3, 0.4) is 0 Å². The SMILES string of the molecule is COC(=O)C1=[N+]([O-])O[C@@]2(C(=O)OCc3ccccc3)C(=O)c3ccccc3[C@@H]12. The summed E-state index contributed by atoms with van der Waals surface area (Å²) >= 11 is 0. The van der Waals surface area contributed by atoms with Crippen molar-refractivity contribution in [1.29, 1.82) is 0 Å². The highest BCUT2D eigenvalue weighted by molar-refractivity contribution is 6.41. The Labute approximate surface area is 159 Å². The van der Waals surface area contributed by atoms with Gasteiger partial charge in [-0.25, -0.2) is 9.59 Å². The van der Waals surface area contributed by atoms with Crippen molar-refractivity contribution in [1.82, 2.24) is 0 Å². The first-order chi connectivity index (χ1) is 13.5. The zero-order chi connectivity index (χ0) is 19.9. The summed E-state index contributed by atoms with van der Waals surface area (Å²) in [6.45, 7) is -0.118. The molecule has 0 aromatic heterocycles. The topological polar surface area (TPSA) is 105 Å². The second-order valence-corrected chi connectivity index (χ2v) is 6.37. The van der Waals surface area contributed by atoms with E-state index in [1.54, 1.807) is 42.5 Å². The number of fused-ring (bicyclic) bond motifs is 3. The Morgan fingerprint density at radius 1 is 1.14 bits per heavy atom. The molecule has 8 nitrogen and oxygen atoms in total. The molecule has 8 heteroatoms. The maximum Gasteiger partial charge on any atom is 0.405 e. The molecule has 0 bridgehead atoms. The molecule has 0 saturated carbocycles. The number of benzene rings is 2. The summed E-state index contributed by atoms with van der Waals surface area (Å²) in [5.41, 5.74) is -1.54. The normalized spacial score (nSPS) is 22.3. The zero-order valence-electron chi connectivity index (χ0n) is 14.8. The van der Waals surface area contributed by atoms with Gasteiger partial charge in [0.15, 0.2) is 5.78 Å². The average molecular weight is 381 g/mol. The Bertz CT molecular complexity index is 1010. The number of nitrogens with zero attached hydrogens (tertiary/aromatic N) is 1. The predicted octanol–water partition coefficient (Wildman–Crippen LogP) is 1.52.